The predicted octanol–water partition coefficient (Wildman–Crippen LogP) is 2.64. The number of rotatable bonds is 6. The molecule has 0 aliphatic heterocycles. The first-order valence-corrected chi connectivity index (χ1v) is 6.73. The Labute approximate surface area is 118 Å². The Bertz CT molecular complexity index is 539. The van der Waals surface area contributed by atoms with Gasteiger partial charge in [0.05, 0.1) is 6.20 Å². The predicted molar refractivity (Wildman–Crippen MR) is 76.4 cm³/mol. The highest BCUT2D eigenvalue weighted by Crippen LogP contribution is 2.24. The van der Waals surface area contributed by atoms with E-state index in [9.17, 15) is 0 Å². The van der Waals surface area contributed by atoms with Crippen molar-refractivity contribution in [1.82, 2.24) is 9.78 Å². The maximum Gasteiger partial charge on any atom is 0.123 e. The minimum absolute atomic E-state index is 0.499. The summed E-state index contributed by atoms with van der Waals surface area (Å²) in [5, 5.41) is 4.92. The highest BCUT2D eigenvalue weighted by atomic mass is 35.5. The topological polar surface area (TPSA) is 53.1 Å². The summed E-state index contributed by atoms with van der Waals surface area (Å²) in [6, 6.07) is 5.61. The second kappa shape index (κ2) is 6.59. The summed E-state index contributed by atoms with van der Waals surface area (Å²) in [5.74, 6) is 0.832. The van der Waals surface area contributed by atoms with Gasteiger partial charge in [0.1, 0.15) is 12.4 Å². The smallest absolute Gasteiger partial charge is 0.123 e. The van der Waals surface area contributed by atoms with E-state index in [4.69, 9.17) is 22.1 Å². The molecule has 0 saturated heterocycles. The number of hydrogen-bond acceptors (Lipinski definition) is 3. The maximum absolute atomic E-state index is 5.98. The van der Waals surface area contributed by atoms with Crippen LogP contribution in [0, 0.1) is 0 Å². The van der Waals surface area contributed by atoms with E-state index >= 15 is 0 Å². The van der Waals surface area contributed by atoms with Crippen molar-refractivity contribution in [2.45, 2.75) is 26.5 Å². The zero-order valence-corrected chi connectivity index (χ0v) is 11.7. The molecule has 2 aromatic rings. The van der Waals surface area contributed by atoms with Gasteiger partial charge in [0.15, 0.2) is 0 Å². The SMILES string of the molecule is CCn1cc(COc2ccc(Cl)cc2CCN)cn1. The van der Waals surface area contributed by atoms with Gasteiger partial charge < -0.3 is 10.5 Å². The number of aromatic nitrogens is 2. The molecule has 1 aromatic carbocycles. The highest BCUT2D eigenvalue weighted by molar-refractivity contribution is 6.30. The average molecular weight is 280 g/mol. The van der Waals surface area contributed by atoms with Crippen molar-refractivity contribution in [1.29, 1.82) is 0 Å². The molecular weight excluding hydrogens is 262 g/mol. The number of nitrogens with two attached hydrogens (primary N) is 1. The van der Waals surface area contributed by atoms with Gasteiger partial charge in [-0.05, 0) is 43.7 Å². The fourth-order valence-corrected chi connectivity index (χ4v) is 2.05. The standard InChI is InChI=1S/C14H18ClN3O/c1-2-18-9-11(8-17-18)10-19-14-4-3-13(15)7-12(14)5-6-16/h3-4,7-9H,2,5-6,10,16H2,1H3. The molecule has 0 unspecified atom stereocenters. The molecule has 0 aliphatic carbocycles. The van der Waals surface area contributed by atoms with Gasteiger partial charge >= 0.3 is 0 Å². The minimum Gasteiger partial charge on any atom is -0.489 e. The van der Waals surface area contributed by atoms with Crippen LogP contribution in [0.2, 0.25) is 5.02 Å². The van der Waals surface area contributed by atoms with Crippen LogP contribution < -0.4 is 10.5 Å². The van der Waals surface area contributed by atoms with E-state index in [1.54, 1.807) is 0 Å². The lowest BCUT2D eigenvalue weighted by molar-refractivity contribution is 0.303. The molecule has 1 aromatic heterocycles. The van der Waals surface area contributed by atoms with E-state index in [1.165, 1.54) is 0 Å². The Morgan fingerprint density at radius 3 is 2.95 bits per heavy atom. The normalized spacial score (nSPS) is 10.7. The molecule has 0 amide bonds. The lowest BCUT2D eigenvalue weighted by Crippen LogP contribution is -2.05. The summed E-state index contributed by atoms with van der Waals surface area (Å²) < 4.78 is 7.70. The zero-order valence-electron chi connectivity index (χ0n) is 11.0. The summed E-state index contributed by atoms with van der Waals surface area (Å²) >= 11 is 5.98. The average Bonchev–Trinajstić information content (AvgIpc) is 2.86. The van der Waals surface area contributed by atoms with Crippen molar-refractivity contribution in [3.05, 3.63) is 46.7 Å². The number of ether oxygens (including phenoxy) is 1. The number of hydrogen-bond donors (Lipinski definition) is 1. The van der Waals surface area contributed by atoms with E-state index in [0.29, 0.717) is 18.2 Å². The molecule has 0 atom stereocenters. The molecule has 1 heterocycles. The van der Waals surface area contributed by atoms with Crippen LogP contribution in [0.25, 0.3) is 0 Å². The van der Waals surface area contributed by atoms with Crippen LogP contribution in [0.3, 0.4) is 0 Å². The first kappa shape index (κ1) is 13.9. The van der Waals surface area contributed by atoms with Gasteiger partial charge in [-0.25, -0.2) is 0 Å². The van der Waals surface area contributed by atoms with Crippen molar-refractivity contribution in [2.75, 3.05) is 6.54 Å². The fraction of sp³-hybridized carbons (Fsp3) is 0.357. The lowest BCUT2D eigenvalue weighted by atomic mass is 10.1. The minimum atomic E-state index is 0.499. The molecule has 5 heteroatoms. The van der Waals surface area contributed by atoms with Gasteiger partial charge in [-0.3, -0.25) is 4.68 Å². The third kappa shape index (κ3) is 3.72. The first-order chi connectivity index (χ1) is 9.22. The Kier molecular flexibility index (Phi) is 4.82. The Balaban J connectivity index is 2.05. The number of aryl methyl sites for hydroxylation is 1. The largest absolute Gasteiger partial charge is 0.489 e. The van der Waals surface area contributed by atoms with Crippen LogP contribution in [-0.2, 0) is 19.6 Å². The molecule has 0 spiro atoms. The molecule has 0 aliphatic rings. The third-order valence-corrected chi connectivity index (χ3v) is 3.08. The molecule has 19 heavy (non-hydrogen) atoms. The Morgan fingerprint density at radius 1 is 1.42 bits per heavy atom. The van der Waals surface area contributed by atoms with Crippen LogP contribution in [0.4, 0.5) is 0 Å². The molecule has 0 fully saturated rings. The van der Waals surface area contributed by atoms with Crippen molar-refractivity contribution >= 4 is 11.6 Å². The number of nitrogens with zero attached hydrogens (tertiary/aromatic N) is 2. The van der Waals surface area contributed by atoms with Crippen molar-refractivity contribution in [2.24, 2.45) is 5.73 Å². The van der Waals surface area contributed by atoms with E-state index in [0.717, 1.165) is 29.8 Å². The van der Waals surface area contributed by atoms with E-state index in [1.807, 2.05) is 35.3 Å². The molecule has 102 valence electrons. The monoisotopic (exact) mass is 279 g/mol. The summed E-state index contributed by atoms with van der Waals surface area (Å²) in [5.41, 5.74) is 7.69. The second-order valence-electron chi connectivity index (χ2n) is 4.28. The van der Waals surface area contributed by atoms with Gasteiger partial charge in [0.25, 0.3) is 0 Å². The lowest BCUT2D eigenvalue weighted by Gasteiger charge is -2.10. The third-order valence-electron chi connectivity index (χ3n) is 2.84. The maximum atomic E-state index is 5.98. The van der Waals surface area contributed by atoms with Gasteiger partial charge in [-0.2, -0.15) is 5.10 Å². The molecule has 0 bridgehead atoms. The molecule has 0 saturated carbocycles. The summed E-state index contributed by atoms with van der Waals surface area (Å²) in [4.78, 5) is 0. The summed E-state index contributed by atoms with van der Waals surface area (Å²) in [6.07, 6.45) is 4.56. The van der Waals surface area contributed by atoms with E-state index in [-0.39, 0.29) is 0 Å². The first-order valence-electron chi connectivity index (χ1n) is 6.35. The van der Waals surface area contributed by atoms with E-state index < -0.39 is 0 Å². The van der Waals surface area contributed by atoms with E-state index in [2.05, 4.69) is 12.0 Å². The van der Waals surface area contributed by atoms with Crippen LogP contribution >= 0.6 is 11.6 Å². The second-order valence-corrected chi connectivity index (χ2v) is 4.72. The van der Waals surface area contributed by atoms with Crippen LogP contribution in [0.1, 0.15) is 18.1 Å². The molecule has 4 nitrogen and oxygen atoms in total. The molecule has 2 N–H and O–H groups in total. The highest BCUT2D eigenvalue weighted by Gasteiger charge is 2.05. The van der Waals surface area contributed by atoms with Crippen LogP contribution in [-0.4, -0.2) is 16.3 Å². The molecule has 0 radical (unpaired) electrons. The van der Waals surface area contributed by atoms with Gasteiger partial charge in [-0.15, -0.1) is 0 Å². The van der Waals surface area contributed by atoms with Crippen LogP contribution in [0.15, 0.2) is 30.6 Å². The Morgan fingerprint density at radius 2 is 2.26 bits per heavy atom. The fourth-order valence-electron chi connectivity index (χ4n) is 1.85. The van der Waals surface area contributed by atoms with Gasteiger partial charge in [0, 0.05) is 23.3 Å². The number of halogens is 1. The zero-order chi connectivity index (χ0) is 13.7. The Hall–Kier alpha value is -1.52. The number of benzene rings is 1. The molecule has 2 rings (SSSR count). The van der Waals surface area contributed by atoms with Crippen molar-refractivity contribution < 1.29 is 4.74 Å². The van der Waals surface area contributed by atoms with Crippen molar-refractivity contribution in [3.63, 3.8) is 0 Å². The van der Waals surface area contributed by atoms with Gasteiger partial charge in [0.2, 0.25) is 0 Å². The summed E-state index contributed by atoms with van der Waals surface area (Å²) in [7, 11) is 0. The quantitative estimate of drug-likeness (QED) is 0.884. The summed E-state index contributed by atoms with van der Waals surface area (Å²) in [6.45, 7) is 3.99. The molecular formula is C14H18ClN3O. The van der Waals surface area contributed by atoms with Gasteiger partial charge in [-0.1, -0.05) is 11.6 Å². The van der Waals surface area contributed by atoms with Crippen LogP contribution in [0.5, 0.6) is 5.75 Å². The van der Waals surface area contributed by atoms with Crippen molar-refractivity contribution in [3.8, 4) is 5.75 Å².